The summed E-state index contributed by atoms with van der Waals surface area (Å²) in [7, 11) is 5.90. The number of ether oxygens (including phenoxy) is 4. The van der Waals surface area contributed by atoms with Crippen LogP contribution in [0.1, 0.15) is 6.92 Å². The molecule has 144 valence electrons. The Bertz CT molecular complexity index is 841. The molecule has 27 heavy (non-hydrogen) atoms. The summed E-state index contributed by atoms with van der Waals surface area (Å²) in [4.78, 5) is 11.4. The maximum Gasteiger partial charge on any atom is 0.221 e. The van der Waals surface area contributed by atoms with E-state index in [-0.39, 0.29) is 28.8 Å². The average molecular weight is 375 g/mol. The van der Waals surface area contributed by atoms with Crippen molar-refractivity contribution >= 4 is 23.0 Å². The fraction of sp³-hybridized carbons (Fsp3) is 0.278. The van der Waals surface area contributed by atoms with Crippen molar-refractivity contribution in [2.45, 2.75) is 6.92 Å². The van der Waals surface area contributed by atoms with Gasteiger partial charge in [0.05, 0.1) is 34.1 Å². The minimum absolute atomic E-state index is 0.0954. The van der Waals surface area contributed by atoms with E-state index < -0.39 is 0 Å². The first kappa shape index (κ1) is 19.8. The molecule has 0 saturated carbocycles. The van der Waals surface area contributed by atoms with Crippen molar-refractivity contribution in [1.82, 2.24) is 0 Å². The Morgan fingerprint density at radius 2 is 1.52 bits per heavy atom. The Morgan fingerprint density at radius 3 is 2.00 bits per heavy atom. The molecule has 0 atom stereocenters. The van der Waals surface area contributed by atoms with Gasteiger partial charge in [0.25, 0.3) is 0 Å². The molecule has 1 amide bonds. The van der Waals surface area contributed by atoms with E-state index in [4.69, 9.17) is 18.9 Å². The van der Waals surface area contributed by atoms with Crippen LogP contribution in [-0.4, -0.2) is 39.5 Å². The smallest absolute Gasteiger partial charge is 0.221 e. The van der Waals surface area contributed by atoms with Crippen LogP contribution in [0.3, 0.4) is 0 Å². The summed E-state index contributed by atoms with van der Waals surface area (Å²) in [5, 5.41) is 21.0. The third kappa shape index (κ3) is 4.38. The van der Waals surface area contributed by atoms with E-state index in [2.05, 4.69) is 15.5 Å². The monoisotopic (exact) mass is 375 g/mol. The maximum atomic E-state index is 11.4. The molecule has 0 heterocycles. The fourth-order valence-electron chi connectivity index (χ4n) is 2.35. The molecule has 0 spiro atoms. The van der Waals surface area contributed by atoms with Gasteiger partial charge in [0.2, 0.25) is 11.7 Å². The molecule has 0 bridgehead atoms. The number of amides is 1. The van der Waals surface area contributed by atoms with E-state index >= 15 is 0 Å². The molecule has 0 saturated heterocycles. The molecule has 0 unspecified atom stereocenters. The van der Waals surface area contributed by atoms with Crippen LogP contribution in [0.2, 0.25) is 0 Å². The van der Waals surface area contributed by atoms with Crippen LogP contribution in [0.4, 0.5) is 17.1 Å². The third-order valence-corrected chi connectivity index (χ3v) is 3.56. The summed E-state index contributed by atoms with van der Waals surface area (Å²) in [6.07, 6.45) is 0. The van der Waals surface area contributed by atoms with Crippen molar-refractivity contribution in [1.29, 1.82) is 0 Å². The second kappa shape index (κ2) is 8.75. The van der Waals surface area contributed by atoms with Crippen molar-refractivity contribution in [2.24, 2.45) is 10.2 Å². The first-order chi connectivity index (χ1) is 12.9. The van der Waals surface area contributed by atoms with Crippen molar-refractivity contribution in [3.8, 4) is 28.7 Å². The molecular formula is C18H21N3O6. The van der Waals surface area contributed by atoms with Gasteiger partial charge in [0, 0.05) is 19.1 Å². The van der Waals surface area contributed by atoms with Crippen LogP contribution in [-0.2, 0) is 4.79 Å². The van der Waals surface area contributed by atoms with Gasteiger partial charge in [-0.1, -0.05) is 0 Å². The van der Waals surface area contributed by atoms with Gasteiger partial charge >= 0.3 is 0 Å². The standard InChI is InChI=1S/C18H21N3O6/c1-10(22)19-16-12(6-7-13(24-2)17(16)23)21-20-11-8-14(25-3)18(27-5)15(9-11)26-4/h6-9,23H,1-5H3,(H,19,22). The van der Waals surface area contributed by atoms with Gasteiger partial charge in [0.1, 0.15) is 11.4 Å². The van der Waals surface area contributed by atoms with Crippen molar-refractivity contribution in [3.05, 3.63) is 24.3 Å². The molecule has 2 N–H and O–H groups in total. The largest absolute Gasteiger partial charge is 0.503 e. The second-order valence-electron chi connectivity index (χ2n) is 5.28. The molecule has 0 radical (unpaired) electrons. The fourth-order valence-corrected chi connectivity index (χ4v) is 2.35. The van der Waals surface area contributed by atoms with Gasteiger partial charge in [-0.15, -0.1) is 5.11 Å². The Labute approximate surface area is 156 Å². The summed E-state index contributed by atoms with van der Waals surface area (Å²) >= 11 is 0. The number of rotatable bonds is 7. The number of phenolic OH excluding ortho intramolecular Hbond substituents is 1. The number of aromatic hydroxyl groups is 1. The van der Waals surface area contributed by atoms with Crippen molar-refractivity contribution < 1.29 is 28.8 Å². The van der Waals surface area contributed by atoms with Crippen LogP contribution < -0.4 is 24.3 Å². The minimum Gasteiger partial charge on any atom is -0.503 e. The first-order valence-electron chi connectivity index (χ1n) is 7.84. The molecule has 9 heteroatoms. The predicted octanol–water partition coefficient (Wildman–Crippen LogP) is 3.80. The molecule has 0 aliphatic carbocycles. The molecule has 2 aromatic carbocycles. The Morgan fingerprint density at radius 1 is 0.926 bits per heavy atom. The van der Waals surface area contributed by atoms with Crippen LogP contribution in [0.15, 0.2) is 34.5 Å². The Kier molecular flexibility index (Phi) is 6.42. The molecule has 0 fully saturated rings. The molecule has 0 aromatic heterocycles. The number of carbonyl (C=O) groups excluding carboxylic acids is 1. The SMILES string of the molecule is COc1ccc(N=Nc2cc(OC)c(OC)c(OC)c2)c(NC(C)=O)c1O. The zero-order valence-electron chi connectivity index (χ0n) is 15.7. The maximum absolute atomic E-state index is 11.4. The topological polar surface area (TPSA) is 111 Å². The number of azo groups is 1. The lowest BCUT2D eigenvalue weighted by atomic mass is 10.2. The minimum atomic E-state index is -0.372. The summed E-state index contributed by atoms with van der Waals surface area (Å²) in [6.45, 7) is 1.32. The lowest BCUT2D eigenvalue weighted by molar-refractivity contribution is -0.114. The van der Waals surface area contributed by atoms with E-state index in [0.29, 0.717) is 22.9 Å². The first-order valence-corrected chi connectivity index (χ1v) is 7.84. The number of phenols is 1. The normalized spacial score (nSPS) is 10.6. The van der Waals surface area contributed by atoms with Crippen molar-refractivity contribution in [3.63, 3.8) is 0 Å². The number of methoxy groups -OCH3 is 4. The molecule has 0 aliphatic heterocycles. The van der Waals surface area contributed by atoms with E-state index in [9.17, 15) is 9.90 Å². The lowest BCUT2D eigenvalue weighted by Gasteiger charge is -2.13. The number of nitrogens with zero attached hydrogens (tertiary/aromatic N) is 2. The molecule has 0 aliphatic rings. The van der Waals surface area contributed by atoms with E-state index in [0.717, 1.165) is 0 Å². The number of carbonyl (C=O) groups is 1. The summed E-state index contributed by atoms with van der Waals surface area (Å²) in [6, 6.07) is 6.31. The Hall–Kier alpha value is -3.49. The van der Waals surface area contributed by atoms with Crippen LogP contribution in [0.5, 0.6) is 28.7 Å². The lowest BCUT2D eigenvalue weighted by Crippen LogP contribution is -2.06. The van der Waals surface area contributed by atoms with Crippen LogP contribution in [0.25, 0.3) is 0 Å². The quantitative estimate of drug-likeness (QED) is 0.562. The summed E-state index contributed by atoms with van der Waals surface area (Å²) in [5.41, 5.74) is 0.767. The number of anilines is 1. The van der Waals surface area contributed by atoms with Gasteiger partial charge < -0.3 is 29.4 Å². The van der Waals surface area contributed by atoms with E-state index in [1.807, 2.05) is 0 Å². The zero-order valence-corrected chi connectivity index (χ0v) is 15.7. The second-order valence-corrected chi connectivity index (χ2v) is 5.28. The van der Waals surface area contributed by atoms with Gasteiger partial charge in [-0.25, -0.2) is 0 Å². The van der Waals surface area contributed by atoms with Gasteiger partial charge in [-0.3, -0.25) is 4.79 Å². The number of benzene rings is 2. The van der Waals surface area contributed by atoms with E-state index in [1.165, 1.54) is 41.4 Å². The molecule has 2 aromatic rings. The summed E-state index contributed by atoms with van der Waals surface area (Å²) in [5.74, 6) is 0.859. The number of nitrogens with one attached hydrogen (secondary N) is 1. The van der Waals surface area contributed by atoms with Gasteiger partial charge in [0.15, 0.2) is 23.0 Å². The summed E-state index contributed by atoms with van der Waals surface area (Å²) < 4.78 is 20.9. The van der Waals surface area contributed by atoms with Gasteiger partial charge in [-0.2, -0.15) is 5.11 Å². The Balaban J connectivity index is 2.49. The zero-order chi connectivity index (χ0) is 20.0. The van der Waals surface area contributed by atoms with Crippen LogP contribution in [0, 0.1) is 0 Å². The predicted molar refractivity (Wildman–Crippen MR) is 99.2 cm³/mol. The van der Waals surface area contributed by atoms with E-state index in [1.54, 1.807) is 18.2 Å². The van der Waals surface area contributed by atoms with Crippen LogP contribution >= 0.6 is 0 Å². The highest BCUT2D eigenvalue weighted by Crippen LogP contribution is 2.43. The highest BCUT2D eigenvalue weighted by Gasteiger charge is 2.16. The highest BCUT2D eigenvalue weighted by atomic mass is 16.5. The molecule has 2 rings (SSSR count). The molecular weight excluding hydrogens is 354 g/mol. The average Bonchev–Trinajstić information content (AvgIpc) is 2.67. The highest BCUT2D eigenvalue weighted by molar-refractivity contribution is 5.95. The third-order valence-electron chi connectivity index (χ3n) is 3.56. The van der Waals surface area contributed by atoms with Gasteiger partial charge in [-0.05, 0) is 12.1 Å². The van der Waals surface area contributed by atoms with Crippen molar-refractivity contribution in [2.75, 3.05) is 33.8 Å². The molecule has 9 nitrogen and oxygen atoms in total. The number of hydrogen-bond donors (Lipinski definition) is 2. The number of hydrogen-bond acceptors (Lipinski definition) is 8.